The Morgan fingerprint density at radius 3 is 2.78 bits per heavy atom. The van der Waals surface area contributed by atoms with Crippen LogP contribution < -0.4 is 10.6 Å². The molecule has 0 aliphatic rings. The number of hydrogen-bond donors (Lipinski definition) is 2. The molecule has 124 valence electrons. The maximum atomic E-state index is 14.2. The van der Waals surface area contributed by atoms with Crippen molar-refractivity contribution in [2.75, 3.05) is 6.54 Å². The molecule has 23 heavy (non-hydrogen) atoms. The second-order valence-electron chi connectivity index (χ2n) is 5.46. The molecule has 0 saturated carbocycles. The lowest BCUT2D eigenvalue weighted by molar-refractivity contribution is 0.237. The number of carbonyl (C=O) groups excluding carboxylic acids is 1. The first kappa shape index (κ1) is 17.0. The summed E-state index contributed by atoms with van der Waals surface area (Å²) in [6.45, 7) is 2.71. The molecule has 2 N–H and O–H groups in total. The van der Waals surface area contributed by atoms with E-state index in [1.807, 2.05) is 7.05 Å². The topological polar surface area (TPSA) is 59.0 Å². The lowest BCUT2D eigenvalue weighted by Crippen LogP contribution is -2.39. The van der Waals surface area contributed by atoms with Crippen LogP contribution in [0.15, 0.2) is 36.7 Å². The molecular formula is C17H23FN4O. The second-order valence-corrected chi connectivity index (χ2v) is 5.46. The fourth-order valence-electron chi connectivity index (χ4n) is 2.40. The average Bonchev–Trinajstić information content (AvgIpc) is 2.96. The van der Waals surface area contributed by atoms with Crippen LogP contribution in [-0.4, -0.2) is 22.1 Å². The van der Waals surface area contributed by atoms with Crippen LogP contribution >= 0.6 is 0 Å². The summed E-state index contributed by atoms with van der Waals surface area (Å²) in [5, 5.41) is 5.63. The largest absolute Gasteiger partial charge is 0.338 e. The highest BCUT2D eigenvalue weighted by atomic mass is 19.1. The van der Waals surface area contributed by atoms with Crippen molar-refractivity contribution in [2.24, 2.45) is 7.05 Å². The van der Waals surface area contributed by atoms with Gasteiger partial charge in [0, 0.05) is 31.5 Å². The van der Waals surface area contributed by atoms with Gasteiger partial charge in [-0.2, -0.15) is 0 Å². The fourth-order valence-corrected chi connectivity index (χ4v) is 2.40. The van der Waals surface area contributed by atoms with E-state index in [1.54, 1.807) is 35.2 Å². The molecule has 0 radical (unpaired) electrons. The standard InChI is InChI=1S/C17H23FN4O/c1-3-4-7-10-20-17(23)21-15(16-19-11-12-22(16)2)13-8-5-6-9-14(13)18/h5-6,8-9,11-12,15H,3-4,7,10H2,1-2H3,(H2,20,21,23). The molecule has 1 atom stereocenters. The van der Waals surface area contributed by atoms with Gasteiger partial charge < -0.3 is 15.2 Å². The van der Waals surface area contributed by atoms with E-state index in [0.29, 0.717) is 17.9 Å². The number of rotatable bonds is 7. The Morgan fingerprint density at radius 1 is 1.35 bits per heavy atom. The molecule has 0 bridgehead atoms. The molecule has 0 saturated heterocycles. The molecule has 0 aliphatic carbocycles. The van der Waals surface area contributed by atoms with Crippen molar-refractivity contribution < 1.29 is 9.18 Å². The quantitative estimate of drug-likeness (QED) is 0.771. The minimum atomic E-state index is -0.637. The van der Waals surface area contributed by atoms with Crippen molar-refractivity contribution in [2.45, 2.75) is 32.2 Å². The van der Waals surface area contributed by atoms with Crippen LogP contribution in [0.25, 0.3) is 0 Å². The van der Waals surface area contributed by atoms with Crippen LogP contribution in [0.2, 0.25) is 0 Å². The first-order valence-electron chi connectivity index (χ1n) is 7.89. The highest BCUT2D eigenvalue weighted by Crippen LogP contribution is 2.22. The zero-order chi connectivity index (χ0) is 16.7. The number of nitrogens with one attached hydrogen (secondary N) is 2. The van der Waals surface area contributed by atoms with Crippen molar-refractivity contribution in [1.82, 2.24) is 20.2 Å². The normalized spacial score (nSPS) is 12.0. The number of imidazole rings is 1. The molecule has 2 aromatic rings. The molecule has 0 fully saturated rings. The summed E-state index contributed by atoms with van der Waals surface area (Å²) in [7, 11) is 1.82. The van der Waals surface area contributed by atoms with Crippen molar-refractivity contribution in [3.63, 3.8) is 0 Å². The second kappa shape index (κ2) is 8.31. The summed E-state index contributed by atoms with van der Waals surface area (Å²) in [5.74, 6) is 0.214. The number of aryl methyl sites for hydroxylation is 1. The maximum absolute atomic E-state index is 14.2. The van der Waals surface area contributed by atoms with Crippen LogP contribution in [0.5, 0.6) is 0 Å². The van der Waals surface area contributed by atoms with Gasteiger partial charge in [0.25, 0.3) is 0 Å². The summed E-state index contributed by atoms with van der Waals surface area (Å²) in [4.78, 5) is 16.4. The molecule has 5 nitrogen and oxygen atoms in total. The summed E-state index contributed by atoms with van der Waals surface area (Å²) in [5.41, 5.74) is 0.394. The van der Waals surface area contributed by atoms with Crippen molar-refractivity contribution in [3.8, 4) is 0 Å². The Bertz CT molecular complexity index is 641. The summed E-state index contributed by atoms with van der Waals surface area (Å²) in [6.07, 6.45) is 6.48. The molecular weight excluding hydrogens is 295 g/mol. The average molecular weight is 318 g/mol. The van der Waals surface area contributed by atoms with E-state index in [2.05, 4.69) is 22.5 Å². The molecule has 2 rings (SSSR count). The smallest absolute Gasteiger partial charge is 0.315 e. The van der Waals surface area contributed by atoms with E-state index in [4.69, 9.17) is 0 Å². The fraction of sp³-hybridized carbons (Fsp3) is 0.412. The van der Waals surface area contributed by atoms with Crippen LogP contribution in [0.1, 0.15) is 43.6 Å². The van der Waals surface area contributed by atoms with E-state index in [0.717, 1.165) is 19.3 Å². The zero-order valence-corrected chi connectivity index (χ0v) is 13.6. The van der Waals surface area contributed by atoms with E-state index in [-0.39, 0.29) is 11.8 Å². The van der Waals surface area contributed by atoms with Crippen LogP contribution in [0, 0.1) is 5.82 Å². The molecule has 6 heteroatoms. The third kappa shape index (κ3) is 4.55. The molecule has 1 heterocycles. The van der Waals surface area contributed by atoms with Gasteiger partial charge in [-0.15, -0.1) is 0 Å². The number of hydrogen-bond acceptors (Lipinski definition) is 2. The highest BCUT2D eigenvalue weighted by Gasteiger charge is 2.23. The number of carbonyl (C=O) groups is 1. The number of benzene rings is 1. The monoisotopic (exact) mass is 318 g/mol. The molecule has 2 amide bonds. The first-order valence-corrected chi connectivity index (χ1v) is 7.89. The Labute approximate surface area is 135 Å². The number of unbranched alkanes of at least 4 members (excludes halogenated alkanes) is 2. The summed E-state index contributed by atoms with van der Waals surface area (Å²) < 4.78 is 15.9. The molecule has 1 aromatic heterocycles. The first-order chi connectivity index (χ1) is 11.1. The Morgan fingerprint density at radius 2 is 2.13 bits per heavy atom. The number of nitrogens with zero attached hydrogens (tertiary/aromatic N) is 2. The van der Waals surface area contributed by atoms with Gasteiger partial charge in [0.15, 0.2) is 0 Å². The minimum Gasteiger partial charge on any atom is -0.338 e. The molecule has 0 spiro atoms. The molecule has 1 unspecified atom stereocenters. The van der Waals surface area contributed by atoms with Gasteiger partial charge in [0.1, 0.15) is 17.7 Å². The van der Waals surface area contributed by atoms with Gasteiger partial charge in [0.2, 0.25) is 0 Å². The maximum Gasteiger partial charge on any atom is 0.315 e. The van der Waals surface area contributed by atoms with Gasteiger partial charge in [-0.3, -0.25) is 0 Å². The van der Waals surface area contributed by atoms with Crippen molar-refractivity contribution >= 4 is 6.03 Å². The minimum absolute atomic E-state index is 0.322. The predicted molar refractivity (Wildman–Crippen MR) is 87.5 cm³/mol. The van der Waals surface area contributed by atoms with E-state index >= 15 is 0 Å². The number of halogens is 1. The molecule has 0 aliphatic heterocycles. The van der Waals surface area contributed by atoms with E-state index < -0.39 is 6.04 Å². The van der Waals surface area contributed by atoms with Crippen LogP contribution in [0.4, 0.5) is 9.18 Å². The van der Waals surface area contributed by atoms with Crippen LogP contribution in [0.3, 0.4) is 0 Å². The molecule has 1 aromatic carbocycles. The number of amides is 2. The Hall–Kier alpha value is -2.37. The Balaban J connectivity index is 2.14. The van der Waals surface area contributed by atoms with Gasteiger partial charge >= 0.3 is 6.03 Å². The van der Waals surface area contributed by atoms with Gasteiger partial charge in [0.05, 0.1) is 0 Å². The predicted octanol–water partition coefficient (Wildman–Crippen LogP) is 3.14. The van der Waals surface area contributed by atoms with Crippen molar-refractivity contribution in [1.29, 1.82) is 0 Å². The lowest BCUT2D eigenvalue weighted by atomic mass is 10.1. The zero-order valence-electron chi connectivity index (χ0n) is 13.6. The van der Waals surface area contributed by atoms with Crippen LogP contribution in [-0.2, 0) is 7.05 Å². The van der Waals surface area contributed by atoms with Crippen molar-refractivity contribution in [3.05, 3.63) is 53.9 Å². The van der Waals surface area contributed by atoms with E-state index in [9.17, 15) is 9.18 Å². The van der Waals surface area contributed by atoms with Gasteiger partial charge in [-0.1, -0.05) is 38.0 Å². The highest BCUT2D eigenvalue weighted by molar-refractivity contribution is 5.74. The van der Waals surface area contributed by atoms with E-state index in [1.165, 1.54) is 6.07 Å². The third-order valence-corrected chi connectivity index (χ3v) is 3.67. The SMILES string of the molecule is CCCCCNC(=O)NC(c1ccccc1F)c1nccn1C. The van der Waals surface area contributed by atoms with Gasteiger partial charge in [-0.25, -0.2) is 14.2 Å². The number of aromatic nitrogens is 2. The number of urea groups is 1. The third-order valence-electron chi connectivity index (χ3n) is 3.67. The summed E-state index contributed by atoms with van der Waals surface area (Å²) >= 11 is 0. The lowest BCUT2D eigenvalue weighted by Gasteiger charge is -2.20. The summed E-state index contributed by atoms with van der Waals surface area (Å²) in [6, 6.07) is 5.45. The Kier molecular flexibility index (Phi) is 6.14. The van der Waals surface area contributed by atoms with Gasteiger partial charge in [-0.05, 0) is 12.5 Å².